The van der Waals surface area contributed by atoms with Gasteiger partial charge < -0.3 is 14.4 Å². The normalized spacial score (nSPS) is 13.9. The Kier molecular flexibility index (Phi) is 4.84. The van der Waals surface area contributed by atoms with E-state index in [-0.39, 0.29) is 0 Å². The first kappa shape index (κ1) is 21.6. The topological polar surface area (TPSA) is 95.1 Å². The molecule has 33 heavy (non-hydrogen) atoms. The van der Waals surface area contributed by atoms with Gasteiger partial charge in [0, 0.05) is 21.7 Å². The first-order valence-electron chi connectivity index (χ1n) is 10.7. The van der Waals surface area contributed by atoms with E-state index in [0.29, 0.717) is 23.0 Å². The van der Waals surface area contributed by atoms with E-state index in [1.54, 1.807) is 4.68 Å². The first-order chi connectivity index (χ1) is 15.6. The summed E-state index contributed by atoms with van der Waals surface area (Å²) in [7, 11) is 0. The third-order valence-corrected chi connectivity index (χ3v) is 6.21. The molecule has 170 valence electrons. The Hall–Kier alpha value is -3.23. The number of hydrogen-bond acceptors (Lipinski definition) is 5. The Morgan fingerprint density at radius 2 is 1.91 bits per heavy atom. The van der Waals surface area contributed by atoms with E-state index in [4.69, 9.17) is 16.3 Å². The number of aliphatic carboxylic acids is 1. The maximum atomic E-state index is 12.6. The van der Waals surface area contributed by atoms with Gasteiger partial charge in [-0.25, -0.2) is 4.79 Å². The average Bonchev–Trinajstić information content (AvgIpc) is 3.33. The molecule has 1 atom stereocenters. The minimum Gasteiger partial charge on any atom is -0.479 e. The molecular weight excluding hydrogens is 442 g/mol. The van der Waals surface area contributed by atoms with Crippen molar-refractivity contribution in [3.63, 3.8) is 0 Å². The van der Waals surface area contributed by atoms with Gasteiger partial charge in [-0.2, -0.15) is 4.68 Å². The second kappa shape index (κ2) is 7.40. The third kappa shape index (κ3) is 3.41. The maximum Gasteiger partial charge on any atom is 0.337 e. The molecule has 0 aliphatic carbocycles. The second-order valence-corrected chi connectivity index (χ2v) is 9.80. The fraction of sp³-hybridized carbons (Fsp3) is 0.333. The molecule has 0 saturated heterocycles. The average molecular weight is 466 g/mol. The van der Waals surface area contributed by atoms with Gasteiger partial charge in [-0.1, -0.05) is 23.7 Å². The van der Waals surface area contributed by atoms with Crippen LogP contribution in [-0.2, 0) is 16.1 Å². The van der Waals surface area contributed by atoms with Gasteiger partial charge in [-0.15, -0.1) is 5.10 Å². The Balaban J connectivity index is 1.95. The number of aromatic nitrogens is 5. The van der Waals surface area contributed by atoms with Gasteiger partial charge in [-0.05, 0) is 79.9 Å². The number of tetrazole rings is 1. The number of fused-ring (bicyclic) bond motifs is 2. The van der Waals surface area contributed by atoms with Crippen LogP contribution in [0.3, 0.4) is 0 Å². The minimum atomic E-state index is -1.19. The summed E-state index contributed by atoms with van der Waals surface area (Å²) in [5, 5.41) is 24.1. The van der Waals surface area contributed by atoms with Crippen LogP contribution in [0.1, 0.15) is 49.5 Å². The van der Waals surface area contributed by atoms with Gasteiger partial charge in [0.1, 0.15) is 0 Å². The molecule has 0 unspecified atom stereocenters. The summed E-state index contributed by atoms with van der Waals surface area (Å²) >= 11 is 6.17. The molecule has 3 heterocycles. The van der Waals surface area contributed by atoms with Crippen LogP contribution in [0.5, 0.6) is 0 Å². The lowest BCUT2D eigenvalue weighted by Crippen LogP contribution is -2.29. The SMILES string of the molecule is Cc1c([C@H](OC(C)(C)C)C(=O)O)c(-c2ccc(Cl)cc2)c2cc(C)n3c2c1-n1nnnc1C3. The van der Waals surface area contributed by atoms with Crippen molar-refractivity contribution in [3.8, 4) is 16.8 Å². The van der Waals surface area contributed by atoms with Crippen LogP contribution in [0.15, 0.2) is 30.3 Å². The van der Waals surface area contributed by atoms with Crippen LogP contribution in [0.2, 0.25) is 5.02 Å². The monoisotopic (exact) mass is 465 g/mol. The van der Waals surface area contributed by atoms with Crippen LogP contribution in [0, 0.1) is 13.8 Å². The number of halogens is 1. The van der Waals surface area contributed by atoms with Crippen molar-refractivity contribution in [3.05, 3.63) is 58.0 Å². The zero-order valence-electron chi connectivity index (χ0n) is 19.0. The molecule has 1 aliphatic rings. The van der Waals surface area contributed by atoms with E-state index in [9.17, 15) is 9.90 Å². The minimum absolute atomic E-state index is 0.537. The molecule has 1 N–H and O–H groups in total. The molecule has 9 heteroatoms. The zero-order valence-corrected chi connectivity index (χ0v) is 19.8. The Morgan fingerprint density at radius 3 is 2.55 bits per heavy atom. The van der Waals surface area contributed by atoms with Crippen LogP contribution < -0.4 is 0 Å². The largest absolute Gasteiger partial charge is 0.479 e. The van der Waals surface area contributed by atoms with Crippen LogP contribution >= 0.6 is 11.6 Å². The number of benzene rings is 2. The van der Waals surface area contributed by atoms with Crippen LogP contribution in [0.25, 0.3) is 27.7 Å². The van der Waals surface area contributed by atoms with E-state index < -0.39 is 17.7 Å². The van der Waals surface area contributed by atoms with Crippen molar-refractivity contribution in [1.82, 2.24) is 24.8 Å². The number of carbonyl (C=O) groups is 1. The summed E-state index contributed by atoms with van der Waals surface area (Å²) in [4.78, 5) is 12.6. The van der Waals surface area contributed by atoms with Crippen molar-refractivity contribution in [2.24, 2.45) is 0 Å². The summed E-state index contributed by atoms with van der Waals surface area (Å²) in [6.45, 7) is 10.0. The lowest BCUT2D eigenvalue weighted by atomic mass is 9.87. The van der Waals surface area contributed by atoms with Crippen molar-refractivity contribution < 1.29 is 14.6 Å². The number of ether oxygens (including phenoxy) is 1. The Labute approximate surface area is 195 Å². The summed E-state index contributed by atoms with van der Waals surface area (Å²) in [5.74, 6) is -0.362. The van der Waals surface area contributed by atoms with E-state index in [1.807, 2.05) is 58.9 Å². The fourth-order valence-corrected chi connectivity index (χ4v) is 4.81. The predicted octanol–water partition coefficient (Wildman–Crippen LogP) is 4.86. The maximum absolute atomic E-state index is 12.6. The Bertz CT molecular complexity index is 1410. The molecule has 1 aliphatic heterocycles. The smallest absolute Gasteiger partial charge is 0.337 e. The number of carboxylic acid groups (broad SMARTS) is 1. The molecule has 0 amide bonds. The highest BCUT2D eigenvalue weighted by molar-refractivity contribution is 6.30. The number of hydrogen-bond donors (Lipinski definition) is 1. The van der Waals surface area contributed by atoms with Crippen LogP contribution in [0.4, 0.5) is 0 Å². The molecule has 0 saturated carbocycles. The van der Waals surface area contributed by atoms with Gasteiger partial charge >= 0.3 is 5.97 Å². The van der Waals surface area contributed by atoms with Gasteiger partial charge in [0.15, 0.2) is 11.9 Å². The highest BCUT2D eigenvalue weighted by Gasteiger charge is 2.36. The zero-order chi connectivity index (χ0) is 23.7. The highest BCUT2D eigenvalue weighted by Crippen LogP contribution is 2.46. The molecule has 0 radical (unpaired) electrons. The van der Waals surface area contributed by atoms with Crippen molar-refractivity contribution in [2.45, 2.75) is 52.9 Å². The third-order valence-electron chi connectivity index (χ3n) is 5.96. The summed E-state index contributed by atoms with van der Waals surface area (Å²) < 4.78 is 10.0. The molecular formula is C24H24ClN5O3. The van der Waals surface area contributed by atoms with Gasteiger partial charge in [-0.3, -0.25) is 0 Å². The molecule has 0 fully saturated rings. The lowest BCUT2D eigenvalue weighted by Gasteiger charge is -2.30. The number of carboxylic acids is 1. The fourth-order valence-electron chi connectivity index (χ4n) is 4.68. The predicted molar refractivity (Wildman–Crippen MR) is 125 cm³/mol. The van der Waals surface area contributed by atoms with E-state index in [2.05, 4.69) is 26.2 Å². The molecule has 8 nitrogen and oxygen atoms in total. The molecule has 2 aromatic heterocycles. The van der Waals surface area contributed by atoms with Crippen molar-refractivity contribution in [1.29, 1.82) is 0 Å². The molecule has 5 rings (SSSR count). The van der Waals surface area contributed by atoms with Crippen LogP contribution in [-0.4, -0.2) is 41.5 Å². The quantitative estimate of drug-likeness (QED) is 0.407. The molecule has 0 spiro atoms. The first-order valence-corrected chi connectivity index (χ1v) is 11.0. The molecule has 0 bridgehead atoms. The highest BCUT2D eigenvalue weighted by atomic mass is 35.5. The van der Waals surface area contributed by atoms with E-state index >= 15 is 0 Å². The number of nitrogens with zero attached hydrogens (tertiary/aromatic N) is 5. The van der Waals surface area contributed by atoms with Crippen molar-refractivity contribution in [2.75, 3.05) is 0 Å². The van der Waals surface area contributed by atoms with E-state index in [0.717, 1.165) is 39.0 Å². The second-order valence-electron chi connectivity index (χ2n) is 9.36. The summed E-state index contributed by atoms with van der Waals surface area (Å²) in [5.41, 5.74) is 5.14. The van der Waals surface area contributed by atoms with Crippen molar-refractivity contribution >= 4 is 28.5 Å². The van der Waals surface area contributed by atoms with Gasteiger partial charge in [0.05, 0.1) is 23.3 Å². The lowest BCUT2D eigenvalue weighted by molar-refractivity contribution is -0.160. The molecule has 4 aromatic rings. The van der Waals surface area contributed by atoms with Gasteiger partial charge in [0.25, 0.3) is 0 Å². The standard InChI is InChI=1S/C24H24ClN5O3/c1-12-10-16-19(14-6-8-15(25)9-7-14)18(22(23(31)32)33-24(3,4)5)13(2)20-21(16)29(12)11-17-26-27-28-30(17)20/h6-10,22H,11H2,1-5H3,(H,31,32)/t22-/m0/s1. The van der Waals surface area contributed by atoms with Gasteiger partial charge in [0.2, 0.25) is 0 Å². The van der Waals surface area contributed by atoms with E-state index in [1.165, 1.54) is 0 Å². The number of aryl methyl sites for hydroxylation is 1. The summed E-state index contributed by atoms with van der Waals surface area (Å²) in [6.07, 6.45) is -1.19. The number of rotatable bonds is 4. The summed E-state index contributed by atoms with van der Waals surface area (Å²) in [6, 6.07) is 9.53. The Morgan fingerprint density at radius 1 is 1.21 bits per heavy atom. The molecule has 2 aromatic carbocycles.